The molecule has 0 saturated carbocycles. The first-order valence-corrected chi connectivity index (χ1v) is 8.65. The van der Waals surface area contributed by atoms with Crippen molar-refractivity contribution in [3.8, 4) is 5.75 Å². The van der Waals surface area contributed by atoms with E-state index in [-0.39, 0.29) is 10.2 Å². The summed E-state index contributed by atoms with van der Waals surface area (Å²) in [5.41, 5.74) is -1.83. The molecule has 0 atom stereocenters. The van der Waals surface area contributed by atoms with Gasteiger partial charge in [0, 0.05) is 10.5 Å². The van der Waals surface area contributed by atoms with Crippen molar-refractivity contribution < 1.29 is 36.6 Å². The second-order valence-electron chi connectivity index (χ2n) is 4.82. The van der Waals surface area contributed by atoms with Gasteiger partial charge in [-0.05, 0) is 30.3 Å². The molecule has 0 saturated heterocycles. The van der Waals surface area contributed by atoms with Gasteiger partial charge < -0.3 is 10.2 Å². The van der Waals surface area contributed by atoms with E-state index in [0.717, 1.165) is 30.3 Å². The van der Waals surface area contributed by atoms with Crippen LogP contribution >= 0.6 is 15.9 Å². The molecule has 134 valence electrons. The molecular weight excluding hydrogens is 431 g/mol. The second-order valence-corrected chi connectivity index (χ2v) is 7.41. The number of benzene rings is 2. The molecule has 0 aromatic heterocycles. The van der Waals surface area contributed by atoms with Crippen LogP contribution in [0, 0.1) is 0 Å². The van der Waals surface area contributed by atoms with Crippen LogP contribution in [0.25, 0.3) is 0 Å². The van der Waals surface area contributed by atoms with Crippen molar-refractivity contribution in [2.24, 2.45) is 0 Å². The highest BCUT2D eigenvalue weighted by Crippen LogP contribution is 2.33. The summed E-state index contributed by atoms with van der Waals surface area (Å²) in [5.74, 6) is -2.12. The Bertz CT molecular complexity index is 944. The number of phenols is 1. The van der Waals surface area contributed by atoms with Crippen LogP contribution in [-0.4, -0.2) is 24.6 Å². The second kappa shape index (κ2) is 6.56. The zero-order valence-corrected chi connectivity index (χ0v) is 14.4. The maximum Gasteiger partial charge on any atom is 0.416 e. The van der Waals surface area contributed by atoms with Crippen molar-refractivity contribution in [3.05, 3.63) is 52.0 Å². The number of halogens is 4. The van der Waals surface area contributed by atoms with Gasteiger partial charge in [-0.15, -0.1) is 0 Å². The van der Waals surface area contributed by atoms with Crippen LogP contribution in [0.1, 0.15) is 15.9 Å². The third-order valence-corrected chi connectivity index (χ3v) is 4.81. The van der Waals surface area contributed by atoms with Crippen LogP contribution < -0.4 is 4.72 Å². The minimum Gasteiger partial charge on any atom is -0.507 e. The summed E-state index contributed by atoms with van der Waals surface area (Å²) in [4.78, 5) is 10.1. The van der Waals surface area contributed by atoms with Gasteiger partial charge in [0.25, 0.3) is 10.0 Å². The molecule has 0 aliphatic carbocycles. The highest BCUT2D eigenvalue weighted by Gasteiger charge is 2.32. The quantitative estimate of drug-likeness (QED) is 0.673. The first-order chi connectivity index (χ1) is 11.4. The maximum atomic E-state index is 12.8. The SMILES string of the molecule is O=C(O)c1ccc(NS(=O)(=O)c2cc(Br)cc(C(F)(F)F)c2)cc1O. The normalized spacial score (nSPS) is 12.0. The topological polar surface area (TPSA) is 104 Å². The van der Waals surface area contributed by atoms with Gasteiger partial charge in [0.2, 0.25) is 0 Å². The predicted octanol–water partition coefficient (Wildman–Crippen LogP) is 3.67. The molecule has 0 bridgehead atoms. The predicted molar refractivity (Wildman–Crippen MR) is 85.0 cm³/mol. The summed E-state index contributed by atoms with van der Waals surface area (Å²) in [6.07, 6.45) is -4.74. The summed E-state index contributed by atoms with van der Waals surface area (Å²) in [7, 11) is -4.41. The highest BCUT2D eigenvalue weighted by molar-refractivity contribution is 9.10. The van der Waals surface area contributed by atoms with Crippen molar-refractivity contribution in [2.75, 3.05) is 4.72 Å². The van der Waals surface area contributed by atoms with Gasteiger partial charge in [0.15, 0.2) is 0 Å². The number of alkyl halides is 3. The van der Waals surface area contributed by atoms with Crippen molar-refractivity contribution in [3.63, 3.8) is 0 Å². The number of hydrogen-bond donors (Lipinski definition) is 3. The number of carbonyl (C=O) groups is 1. The lowest BCUT2D eigenvalue weighted by molar-refractivity contribution is -0.137. The number of sulfonamides is 1. The molecule has 0 radical (unpaired) electrons. The van der Waals surface area contributed by atoms with Gasteiger partial charge in [-0.2, -0.15) is 13.2 Å². The zero-order chi connectivity index (χ0) is 19.0. The number of carboxylic acid groups (broad SMARTS) is 1. The average Bonchev–Trinajstić information content (AvgIpc) is 2.44. The summed E-state index contributed by atoms with van der Waals surface area (Å²) in [5, 5.41) is 18.3. The Balaban J connectivity index is 2.42. The molecule has 3 N–H and O–H groups in total. The highest BCUT2D eigenvalue weighted by atomic mass is 79.9. The molecule has 25 heavy (non-hydrogen) atoms. The molecule has 0 aliphatic rings. The first kappa shape index (κ1) is 19.1. The van der Waals surface area contributed by atoms with Gasteiger partial charge in [0.1, 0.15) is 11.3 Å². The summed E-state index contributed by atoms with van der Waals surface area (Å²) >= 11 is 2.82. The Hall–Kier alpha value is -2.27. The van der Waals surface area contributed by atoms with E-state index in [2.05, 4.69) is 15.9 Å². The molecule has 0 unspecified atom stereocenters. The molecule has 2 aromatic rings. The van der Waals surface area contributed by atoms with Gasteiger partial charge in [-0.25, -0.2) is 13.2 Å². The first-order valence-electron chi connectivity index (χ1n) is 6.37. The fraction of sp³-hybridized carbons (Fsp3) is 0.0714. The number of anilines is 1. The Kier molecular flexibility index (Phi) is 5.00. The van der Waals surface area contributed by atoms with Crippen LogP contribution in [-0.2, 0) is 16.2 Å². The molecule has 0 fully saturated rings. The fourth-order valence-corrected chi connectivity index (χ4v) is 3.64. The number of nitrogens with one attached hydrogen (secondary N) is 1. The molecule has 0 amide bonds. The van der Waals surface area contributed by atoms with E-state index < -0.39 is 43.9 Å². The van der Waals surface area contributed by atoms with Crippen LogP contribution in [0.2, 0.25) is 0 Å². The molecule has 6 nitrogen and oxygen atoms in total. The Labute approximate surface area is 148 Å². The maximum absolute atomic E-state index is 12.8. The van der Waals surface area contributed by atoms with Gasteiger partial charge in [-0.1, -0.05) is 15.9 Å². The standard InChI is InChI=1S/C14H9BrF3NO5S/c15-8-3-7(14(16,17)18)4-10(5-8)25(23,24)19-9-1-2-11(13(21)22)12(20)6-9/h1-6,19-20H,(H,21,22). The minimum atomic E-state index is -4.74. The molecule has 11 heteroatoms. The molecule has 2 aromatic carbocycles. The van der Waals surface area contributed by atoms with Crippen molar-refractivity contribution in [2.45, 2.75) is 11.1 Å². The molecular formula is C14H9BrF3NO5S. The number of aromatic hydroxyl groups is 1. The lowest BCUT2D eigenvalue weighted by Gasteiger charge is -2.12. The molecule has 0 spiro atoms. The van der Waals surface area contributed by atoms with E-state index >= 15 is 0 Å². The van der Waals surface area contributed by atoms with Crippen molar-refractivity contribution in [1.82, 2.24) is 0 Å². The van der Waals surface area contributed by atoms with Crippen LogP contribution in [0.5, 0.6) is 5.75 Å². The third kappa shape index (κ3) is 4.42. The summed E-state index contributed by atoms with van der Waals surface area (Å²) in [6, 6.07) is 5.01. The largest absolute Gasteiger partial charge is 0.507 e. The van der Waals surface area contributed by atoms with E-state index in [9.17, 15) is 31.5 Å². The lowest BCUT2D eigenvalue weighted by Crippen LogP contribution is -2.15. The Morgan fingerprint density at radius 3 is 2.28 bits per heavy atom. The van der Waals surface area contributed by atoms with Gasteiger partial charge >= 0.3 is 12.1 Å². The molecule has 2 rings (SSSR count). The van der Waals surface area contributed by atoms with Gasteiger partial charge in [-0.3, -0.25) is 4.72 Å². The van der Waals surface area contributed by atoms with Crippen molar-refractivity contribution >= 4 is 37.6 Å². The molecule has 0 heterocycles. The van der Waals surface area contributed by atoms with Crippen LogP contribution in [0.15, 0.2) is 45.8 Å². The zero-order valence-electron chi connectivity index (χ0n) is 12.0. The van der Waals surface area contributed by atoms with E-state index in [0.29, 0.717) is 6.07 Å². The number of carboxylic acids is 1. The van der Waals surface area contributed by atoms with Crippen molar-refractivity contribution in [1.29, 1.82) is 0 Å². The number of hydrogen-bond acceptors (Lipinski definition) is 4. The smallest absolute Gasteiger partial charge is 0.416 e. The Morgan fingerprint density at radius 2 is 1.76 bits per heavy atom. The number of rotatable bonds is 4. The summed E-state index contributed by atoms with van der Waals surface area (Å²) in [6.45, 7) is 0. The van der Waals surface area contributed by atoms with E-state index in [1.54, 1.807) is 0 Å². The minimum absolute atomic E-state index is 0.0910. The van der Waals surface area contributed by atoms with E-state index in [1.807, 2.05) is 4.72 Å². The lowest BCUT2D eigenvalue weighted by atomic mass is 10.2. The van der Waals surface area contributed by atoms with Crippen LogP contribution in [0.4, 0.5) is 18.9 Å². The number of aromatic carboxylic acids is 1. The summed E-state index contributed by atoms with van der Waals surface area (Å²) < 4.78 is 64.9. The van der Waals surface area contributed by atoms with E-state index in [4.69, 9.17) is 5.11 Å². The van der Waals surface area contributed by atoms with Gasteiger partial charge in [0.05, 0.1) is 16.1 Å². The average molecular weight is 440 g/mol. The molecule has 0 aliphatic heterocycles. The monoisotopic (exact) mass is 439 g/mol. The Morgan fingerprint density at radius 1 is 1.12 bits per heavy atom. The fourth-order valence-electron chi connectivity index (χ4n) is 1.87. The third-order valence-electron chi connectivity index (χ3n) is 2.99. The van der Waals surface area contributed by atoms with Crippen LogP contribution in [0.3, 0.4) is 0 Å². The van der Waals surface area contributed by atoms with E-state index in [1.165, 1.54) is 0 Å².